The molecule has 21 heavy (non-hydrogen) atoms. The van der Waals surface area contributed by atoms with Gasteiger partial charge in [0, 0.05) is 5.69 Å². The molecule has 2 heteroatoms. The van der Waals surface area contributed by atoms with Crippen molar-refractivity contribution in [1.29, 1.82) is 0 Å². The molecule has 1 unspecified atom stereocenters. The number of carbonyl (C=O) groups is 1. The van der Waals surface area contributed by atoms with Gasteiger partial charge in [-0.2, -0.15) is 0 Å². The Balaban J connectivity index is 1.84. The van der Waals surface area contributed by atoms with Crippen LogP contribution in [0.4, 0.5) is 5.69 Å². The number of benzene rings is 2. The molecule has 0 aromatic heterocycles. The third-order valence-corrected chi connectivity index (χ3v) is 4.34. The van der Waals surface area contributed by atoms with Crippen LogP contribution in [0.2, 0.25) is 0 Å². The summed E-state index contributed by atoms with van der Waals surface area (Å²) in [5.74, 6) is 0.114. The molecule has 108 valence electrons. The molecule has 0 heterocycles. The molecule has 2 aromatic rings. The van der Waals surface area contributed by atoms with E-state index in [1.165, 1.54) is 16.7 Å². The van der Waals surface area contributed by atoms with Crippen LogP contribution in [-0.4, -0.2) is 5.91 Å². The molecule has 3 rings (SSSR count). The molecule has 0 fully saturated rings. The molecule has 1 aliphatic rings. The van der Waals surface area contributed by atoms with Crippen molar-refractivity contribution in [1.82, 2.24) is 0 Å². The Kier molecular flexibility index (Phi) is 4.05. The summed E-state index contributed by atoms with van der Waals surface area (Å²) in [6, 6.07) is 16.4. The number of hydrogen-bond donors (Lipinski definition) is 1. The number of hydrogen-bond acceptors (Lipinski definition) is 1. The summed E-state index contributed by atoms with van der Waals surface area (Å²) in [7, 11) is 0. The molecule has 0 bridgehead atoms. The molecule has 1 aliphatic carbocycles. The van der Waals surface area contributed by atoms with Crippen molar-refractivity contribution >= 4 is 11.6 Å². The summed E-state index contributed by atoms with van der Waals surface area (Å²) in [6.07, 6.45) is 4.05. The van der Waals surface area contributed by atoms with E-state index in [9.17, 15) is 4.79 Å². The summed E-state index contributed by atoms with van der Waals surface area (Å²) in [5.41, 5.74) is 4.67. The van der Waals surface area contributed by atoms with E-state index >= 15 is 0 Å². The van der Waals surface area contributed by atoms with Gasteiger partial charge in [0.15, 0.2) is 0 Å². The smallest absolute Gasteiger partial charge is 0.231 e. The van der Waals surface area contributed by atoms with Crippen LogP contribution in [0.25, 0.3) is 0 Å². The fraction of sp³-hybridized carbons (Fsp3) is 0.316. The van der Waals surface area contributed by atoms with Gasteiger partial charge in [0.1, 0.15) is 0 Å². The maximum absolute atomic E-state index is 12.7. The predicted molar refractivity (Wildman–Crippen MR) is 86.6 cm³/mol. The summed E-state index contributed by atoms with van der Waals surface area (Å²) in [5, 5.41) is 3.13. The van der Waals surface area contributed by atoms with Gasteiger partial charge in [0.25, 0.3) is 0 Å². The minimum absolute atomic E-state index is 0.0140. The molecule has 0 aliphatic heterocycles. The largest absolute Gasteiger partial charge is 0.325 e. The second-order valence-corrected chi connectivity index (χ2v) is 5.64. The number of aryl methyl sites for hydroxylation is 2. The Morgan fingerprint density at radius 3 is 2.76 bits per heavy atom. The third-order valence-electron chi connectivity index (χ3n) is 4.34. The molecular formula is C19H21NO. The summed E-state index contributed by atoms with van der Waals surface area (Å²) < 4.78 is 0. The van der Waals surface area contributed by atoms with Crippen molar-refractivity contribution in [2.24, 2.45) is 0 Å². The summed E-state index contributed by atoms with van der Waals surface area (Å²) in [4.78, 5) is 12.7. The Morgan fingerprint density at radius 2 is 1.90 bits per heavy atom. The van der Waals surface area contributed by atoms with Gasteiger partial charge < -0.3 is 5.32 Å². The fourth-order valence-electron chi connectivity index (χ4n) is 3.20. The zero-order chi connectivity index (χ0) is 14.7. The topological polar surface area (TPSA) is 29.1 Å². The molecular weight excluding hydrogens is 258 g/mol. The molecule has 0 spiro atoms. The van der Waals surface area contributed by atoms with Gasteiger partial charge in [-0.3, -0.25) is 4.79 Å². The van der Waals surface area contributed by atoms with Gasteiger partial charge in [-0.05, 0) is 48.4 Å². The average Bonchev–Trinajstić information content (AvgIpc) is 2.54. The lowest BCUT2D eigenvalue weighted by Gasteiger charge is -2.25. The van der Waals surface area contributed by atoms with Crippen LogP contribution in [0.3, 0.4) is 0 Å². The first-order valence-corrected chi connectivity index (χ1v) is 7.76. The summed E-state index contributed by atoms with van der Waals surface area (Å²) in [6.45, 7) is 2.11. The standard InChI is InChI=1S/C19H21NO/c1-2-14-8-4-6-13-18(14)20-19(21)17-12-7-10-15-9-3-5-11-16(15)17/h3-6,8-9,11,13,17H,2,7,10,12H2,1H3,(H,20,21). The number of amides is 1. The molecule has 2 nitrogen and oxygen atoms in total. The molecule has 1 amide bonds. The number of rotatable bonds is 3. The number of carbonyl (C=O) groups excluding carboxylic acids is 1. The first-order valence-electron chi connectivity index (χ1n) is 7.76. The van der Waals surface area contributed by atoms with Crippen molar-refractivity contribution in [3.8, 4) is 0 Å². The van der Waals surface area contributed by atoms with Crippen LogP contribution >= 0.6 is 0 Å². The first-order chi connectivity index (χ1) is 10.3. The Labute approximate surface area is 126 Å². The molecule has 0 saturated carbocycles. The Hall–Kier alpha value is -2.09. The van der Waals surface area contributed by atoms with Gasteiger partial charge in [-0.1, -0.05) is 49.4 Å². The monoisotopic (exact) mass is 279 g/mol. The van der Waals surface area contributed by atoms with E-state index in [1.54, 1.807) is 0 Å². The van der Waals surface area contributed by atoms with Crippen molar-refractivity contribution < 1.29 is 4.79 Å². The first kappa shape index (κ1) is 13.9. The summed E-state index contributed by atoms with van der Waals surface area (Å²) >= 11 is 0. The van der Waals surface area contributed by atoms with Crippen LogP contribution < -0.4 is 5.32 Å². The highest BCUT2D eigenvalue weighted by Gasteiger charge is 2.26. The number of nitrogens with one attached hydrogen (secondary N) is 1. The van der Waals surface area contributed by atoms with E-state index in [4.69, 9.17) is 0 Å². The van der Waals surface area contributed by atoms with E-state index < -0.39 is 0 Å². The SMILES string of the molecule is CCc1ccccc1NC(=O)C1CCCc2ccccc21. The lowest BCUT2D eigenvalue weighted by atomic mass is 9.82. The van der Waals surface area contributed by atoms with Crippen LogP contribution in [-0.2, 0) is 17.6 Å². The Bertz CT molecular complexity index is 648. The van der Waals surface area contributed by atoms with E-state index in [-0.39, 0.29) is 11.8 Å². The van der Waals surface area contributed by atoms with E-state index in [0.717, 1.165) is 31.4 Å². The van der Waals surface area contributed by atoms with Crippen LogP contribution in [0.5, 0.6) is 0 Å². The lowest BCUT2D eigenvalue weighted by molar-refractivity contribution is -0.117. The van der Waals surface area contributed by atoms with Gasteiger partial charge in [0.2, 0.25) is 5.91 Å². The van der Waals surface area contributed by atoms with Gasteiger partial charge >= 0.3 is 0 Å². The number of fused-ring (bicyclic) bond motifs is 1. The normalized spacial score (nSPS) is 17.1. The highest BCUT2D eigenvalue weighted by molar-refractivity contribution is 5.96. The molecule has 1 N–H and O–H groups in total. The highest BCUT2D eigenvalue weighted by atomic mass is 16.1. The van der Waals surface area contributed by atoms with Crippen LogP contribution in [0, 0.1) is 0 Å². The van der Waals surface area contributed by atoms with Crippen molar-refractivity contribution in [2.45, 2.75) is 38.5 Å². The average molecular weight is 279 g/mol. The van der Waals surface area contributed by atoms with Gasteiger partial charge in [0.05, 0.1) is 5.92 Å². The van der Waals surface area contributed by atoms with Crippen molar-refractivity contribution in [3.63, 3.8) is 0 Å². The molecule has 1 atom stereocenters. The van der Waals surface area contributed by atoms with E-state index in [2.05, 4.69) is 36.5 Å². The minimum atomic E-state index is -0.0140. The van der Waals surface area contributed by atoms with Crippen molar-refractivity contribution in [2.75, 3.05) is 5.32 Å². The van der Waals surface area contributed by atoms with E-state index in [1.807, 2.05) is 24.3 Å². The van der Waals surface area contributed by atoms with Crippen LogP contribution in [0.1, 0.15) is 42.4 Å². The number of anilines is 1. The highest BCUT2D eigenvalue weighted by Crippen LogP contribution is 2.32. The molecule has 2 aromatic carbocycles. The maximum Gasteiger partial charge on any atom is 0.231 e. The quantitative estimate of drug-likeness (QED) is 0.891. The zero-order valence-electron chi connectivity index (χ0n) is 12.4. The van der Waals surface area contributed by atoms with Gasteiger partial charge in [-0.25, -0.2) is 0 Å². The minimum Gasteiger partial charge on any atom is -0.325 e. The fourth-order valence-corrected chi connectivity index (χ4v) is 3.20. The third kappa shape index (κ3) is 2.85. The second kappa shape index (κ2) is 6.13. The van der Waals surface area contributed by atoms with E-state index in [0.29, 0.717) is 0 Å². The van der Waals surface area contributed by atoms with Gasteiger partial charge in [-0.15, -0.1) is 0 Å². The zero-order valence-corrected chi connectivity index (χ0v) is 12.4. The number of para-hydroxylation sites is 1. The van der Waals surface area contributed by atoms with Crippen LogP contribution in [0.15, 0.2) is 48.5 Å². The second-order valence-electron chi connectivity index (χ2n) is 5.64. The lowest BCUT2D eigenvalue weighted by Crippen LogP contribution is -2.25. The van der Waals surface area contributed by atoms with Crippen molar-refractivity contribution in [3.05, 3.63) is 65.2 Å². The maximum atomic E-state index is 12.7. The molecule has 0 saturated heterocycles. The predicted octanol–water partition coefficient (Wildman–Crippen LogP) is 4.31. The Morgan fingerprint density at radius 1 is 1.14 bits per heavy atom. The molecule has 0 radical (unpaired) electrons.